The van der Waals surface area contributed by atoms with Crippen molar-refractivity contribution in [3.63, 3.8) is 0 Å². The highest BCUT2D eigenvalue weighted by Crippen LogP contribution is 2.42. The fraction of sp³-hybridized carbons (Fsp3) is 0.529. The summed E-state index contributed by atoms with van der Waals surface area (Å²) in [4.78, 5) is 23.4. The van der Waals surface area contributed by atoms with Crippen molar-refractivity contribution in [2.24, 2.45) is 5.41 Å². The number of rotatable bonds is 6. The third-order valence-corrected chi connectivity index (χ3v) is 4.44. The van der Waals surface area contributed by atoms with E-state index in [1.54, 1.807) is 7.11 Å². The first-order valence-corrected chi connectivity index (χ1v) is 7.44. The van der Waals surface area contributed by atoms with E-state index in [-0.39, 0.29) is 12.2 Å². The normalized spacial score (nSPS) is 22.0. The smallest absolute Gasteiger partial charge is 0.303 e. The fourth-order valence-electron chi connectivity index (χ4n) is 3.25. The SMILES string of the molecule is COc1ccccc1CC1(CCC(=O)O)CCCCC1=O. The average molecular weight is 290 g/mol. The number of carboxylic acids is 1. The Bertz CT molecular complexity index is 523. The number of ketones is 1. The van der Waals surface area contributed by atoms with E-state index < -0.39 is 11.4 Å². The molecule has 4 heteroatoms. The number of carbonyl (C=O) groups excluding carboxylic acids is 1. The molecule has 1 saturated carbocycles. The molecule has 4 nitrogen and oxygen atoms in total. The molecule has 0 spiro atoms. The van der Waals surface area contributed by atoms with Gasteiger partial charge >= 0.3 is 5.97 Å². The third-order valence-electron chi connectivity index (χ3n) is 4.44. The first kappa shape index (κ1) is 15.5. The van der Waals surface area contributed by atoms with Gasteiger partial charge in [-0.05, 0) is 37.3 Å². The molecule has 0 bridgehead atoms. The predicted molar refractivity (Wildman–Crippen MR) is 79.5 cm³/mol. The van der Waals surface area contributed by atoms with E-state index in [1.807, 2.05) is 24.3 Å². The van der Waals surface area contributed by atoms with Gasteiger partial charge in [0, 0.05) is 18.3 Å². The molecular weight excluding hydrogens is 268 g/mol. The van der Waals surface area contributed by atoms with Gasteiger partial charge < -0.3 is 9.84 Å². The van der Waals surface area contributed by atoms with Crippen LogP contribution in [0.4, 0.5) is 0 Å². The van der Waals surface area contributed by atoms with Crippen LogP contribution in [0.15, 0.2) is 24.3 Å². The van der Waals surface area contributed by atoms with Crippen LogP contribution in [0.5, 0.6) is 5.75 Å². The van der Waals surface area contributed by atoms with Crippen molar-refractivity contribution in [1.82, 2.24) is 0 Å². The predicted octanol–water partition coefficient (Wildman–Crippen LogP) is 3.23. The van der Waals surface area contributed by atoms with Gasteiger partial charge in [0.15, 0.2) is 0 Å². The fourth-order valence-corrected chi connectivity index (χ4v) is 3.25. The zero-order valence-electron chi connectivity index (χ0n) is 12.4. The number of hydrogen-bond donors (Lipinski definition) is 1. The van der Waals surface area contributed by atoms with Crippen LogP contribution in [-0.4, -0.2) is 24.0 Å². The molecule has 0 amide bonds. The number of hydrogen-bond acceptors (Lipinski definition) is 3. The van der Waals surface area contributed by atoms with E-state index >= 15 is 0 Å². The topological polar surface area (TPSA) is 63.6 Å². The van der Waals surface area contributed by atoms with E-state index in [9.17, 15) is 9.59 Å². The lowest BCUT2D eigenvalue weighted by atomic mass is 9.66. The van der Waals surface area contributed by atoms with Gasteiger partial charge in [-0.25, -0.2) is 0 Å². The summed E-state index contributed by atoms with van der Waals surface area (Å²) in [6.07, 6.45) is 4.27. The van der Waals surface area contributed by atoms with Gasteiger partial charge in [-0.2, -0.15) is 0 Å². The van der Waals surface area contributed by atoms with Crippen LogP contribution in [0, 0.1) is 5.41 Å². The number of Topliss-reactive ketones (excluding diaryl/α,β-unsaturated/α-hetero) is 1. The molecule has 1 aromatic carbocycles. The number of carbonyl (C=O) groups is 2. The van der Waals surface area contributed by atoms with Crippen molar-refractivity contribution in [2.45, 2.75) is 44.9 Å². The van der Waals surface area contributed by atoms with Crippen molar-refractivity contribution < 1.29 is 19.4 Å². The first-order chi connectivity index (χ1) is 10.1. The van der Waals surface area contributed by atoms with Crippen LogP contribution >= 0.6 is 0 Å². The van der Waals surface area contributed by atoms with Crippen molar-refractivity contribution in [2.75, 3.05) is 7.11 Å². The minimum absolute atomic E-state index is 0.0425. The van der Waals surface area contributed by atoms with Crippen molar-refractivity contribution in [3.05, 3.63) is 29.8 Å². The van der Waals surface area contributed by atoms with E-state index in [2.05, 4.69) is 0 Å². The summed E-state index contributed by atoms with van der Waals surface area (Å²) in [7, 11) is 1.62. The lowest BCUT2D eigenvalue weighted by molar-refractivity contribution is -0.139. The molecule has 1 aliphatic carbocycles. The van der Waals surface area contributed by atoms with Crippen LogP contribution in [-0.2, 0) is 16.0 Å². The van der Waals surface area contributed by atoms with Crippen molar-refractivity contribution in [3.8, 4) is 5.75 Å². The summed E-state index contributed by atoms with van der Waals surface area (Å²) in [6, 6.07) is 7.67. The molecule has 0 radical (unpaired) electrons. The molecule has 1 atom stereocenters. The number of benzene rings is 1. The maximum absolute atomic E-state index is 12.5. The summed E-state index contributed by atoms with van der Waals surface area (Å²) < 4.78 is 5.37. The molecule has 0 heterocycles. The lowest BCUT2D eigenvalue weighted by Gasteiger charge is -2.36. The van der Waals surface area contributed by atoms with Crippen molar-refractivity contribution in [1.29, 1.82) is 0 Å². The summed E-state index contributed by atoms with van der Waals surface area (Å²) >= 11 is 0. The molecule has 0 saturated heterocycles. The van der Waals surface area contributed by atoms with Crippen LogP contribution in [0.2, 0.25) is 0 Å². The molecule has 114 valence electrons. The molecule has 0 aromatic heterocycles. The van der Waals surface area contributed by atoms with Gasteiger partial charge in [0.25, 0.3) is 0 Å². The number of aliphatic carboxylic acids is 1. The second kappa shape index (κ2) is 6.74. The third kappa shape index (κ3) is 3.63. The Kier molecular flexibility index (Phi) is 4.99. The standard InChI is InChI=1S/C17H22O4/c1-21-14-7-3-2-6-13(14)12-17(11-9-16(19)20)10-5-4-8-15(17)18/h2-3,6-7H,4-5,8-12H2,1H3,(H,19,20). The van der Waals surface area contributed by atoms with Crippen LogP contribution in [0.25, 0.3) is 0 Å². The largest absolute Gasteiger partial charge is 0.496 e. The van der Waals surface area contributed by atoms with Crippen molar-refractivity contribution >= 4 is 11.8 Å². The number of carboxylic acid groups (broad SMARTS) is 1. The van der Waals surface area contributed by atoms with Crippen LogP contribution in [0.1, 0.15) is 44.1 Å². The molecule has 1 unspecified atom stereocenters. The van der Waals surface area contributed by atoms with Gasteiger partial charge in [-0.15, -0.1) is 0 Å². The number of methoxy groups -OCH3 is 1. The van der Waals surface area contributed by atoms with Crippen LogP contribution in [0.3, 0.4) is 0 Å². The molecule has 1 aliphatic rings. The monoisotopic (exact) mass is 290 g/mol. The van der Waals surface area contributed by atoms with E-state index in [0.717, 1.165) is 30.6 Å². The number of para-hydroxylation sites is 1. The Morgan fingerprint density at radius 2 is 2.10 bits per heavy atom. The second-order valence-corrected chi connectivity index (χ2v) is 5.79. The minimum Gasteiger partial charge on any atom is -0.496 e. The lowest BCUT2D eigenvalue weighted by Crippen LogP contribution is -2.37. The minimum atomic E-state index is -0.840. The van der Waals surface area contributed by atoms with Gasteiger partial charge in [-0.1, -0.05) is 24.6 Å². The Hall–Kier alpha value is -1.84. The van der Waals surface area contributed by atoms with E-state index in [0.29, 0.717) is 19.3 Å². The average Bonchev–Trinajstić information content (AvgIpc) is 2.48. The molecule has 1 aromatic rings. The van der Waals surface area contributed by atoms with Gasteiger partial charge in [0.2, 0.25) is 0 Å². The van der Waals surface area contributed by atoms with Gasteiger partial charge in [-0.3, -0.25) is 9.59 Å². The van der Waals surface area contributed by atoms with Gasteiger partial charge in [0.1, 0.15) is 11.5 Å². The zero-order valence-corrected chi connectivity index (χ0v) is 12.4. The highest BCUT2D eigenvalue weighted by atomic mass is 16.5. The summed E-state index contributed by atoms with van der Waals surface area (Å²) in [5.74, 6) is 0.138. The summed E-state index contributed by atoms with van der Waals surface area (Å²) in [5, 5.41) is 8.98. The molecule has 0 aliphatic heterocycles. The number of ether oxygens (including phenoxy) is 1. The Morgan fingerprint density at radius 1 is 1.33 bits per heavy atom. The first-order valence-electron chi connectivity index (χ1n) is 7.44. The maximum atomic E-state index is 12.5. The molecular formula is C17H22O4. The van der Waals surface area contributed by atoms with E-state index in [1.165, 1.54) is 0 Å². The molecule has 1 N–H and O–H groups in total. The van der Waals surface area contributed by atoms with Gasteiger partial charge in [0.05, 0.1) is 7.11 Å². The Morgan fingerprint density at radius 3 is 2.76 bits per heavy atom. The molecule has 2 rings (SSSR count). The van der Waals surface area contributed by atoms with Crippen LogP contribution < -0.4 is 4.74 Å². The Balaban J connectivity index is 2.26. The Labute approximate surface area is 125 Å². The zero-order chi connectivity index (χ0) is 15.3. The molecule has 21 heavy (non-hydrogen) atoms. The van der Waals surface area contributed by atoms with E-state index in [4.69, 9.17) is 9.84 Å². The highest BCUT2D eigenvalue weighted by molar-refractivity contribution is 5.86. The maximum Gasteiger partial charge on any atom is 0.303 e. The summed E-state index contributed by atoms with van der Waals surface area (Å²) in [6.45, 7) is 0. The highest BCUT2D eigenvalue weighted by Gasteiger charge is 2.40. The molecule has 1 fully saturated rings. The second-order valence-electron chi connectivity index (χ2n) is 5.79. The summed E-state index contributed by atoms with van der Waals surface area (Å²) in [5.41, 5.74) is 0.450. The quantitative estimate of drug-likeness (QED) is 0.873.